The summed E-state index contributed by atoms with van der Waals surface area (Å²) in [5, 5.41) is 10.2. The van der Waals surface area contributed by atoms with E-state index < -0.39 is 0 Å². The lowest BCUT2D eigenvalue weighted by Gasteiger charge is -2.34. The molecule has 0 radical (unpaired) electrons. The molecule has 1 N–H and O–H groups in total. The highest BCUT2D eigenvalue weighted by atomic mass is 32.1. The standard InChI is InChI=1S/C23H24N6O3S2/c1-2-32-18-7-4-3-6-17(18)25-22(31)28-11-9-27(10-12-28)15-16-14-20(30)29-23(24-16)34-21(26-29)19-8-5-13-33-19/h3-8,13-14H,2,9-12,15H2,1H3,(H,25,31). The molecule has 11 heteroatoms. The molecule has 176 valence electrons. The van der Waals surface area contributed by atoms with Crippen molar-refractivity contribution in [3.63, 3.8) is 0 Å². The van der Waals surface area contributed by atoms with Gasteiger partial charge in [-0.15, -0.1) is 11.3 Å². The molecule has 5 rings (SSSR count). The van der Waals surface area contributed by atoms with Crippen LogP contribution in [0.4, 0.5) is 10.5 Å². The molecule has 1 aromatic carbocycles. The van der Waals surface area contributed by atoms with E-state index in [1.165, 1.54) is 15.9 Å². The second kappa shape index (κ2) is 9.92. The van der Waals surface area contributed by atoms with Crippen molar-refractivity contribution >= 4 is 39.4 Å². The number of ether oxygens (including phenoxy) is 1. The van der Waals surface area contributed by atoms with Gasteiger partial charge >= 0.3 is 6.03 Å². The van der Waals surface area contributed by atoms with Crippen molar-refractivity contribution in [1.29, 1.82) is 0 Å². The van der Waals surface area contributed by atoms with Crippen LogP contribution in [0.15, 0.2) is 52.6 Å². The number of hydrogen-bond donors (Lipinski definition) is 1. The maximum Gasteiger partial charge on any atom is 0.322 e. The molecule has 0 bridgehead atoms. The van der Waals surface area contributed by atoms with Gasteiger partial charge in [0, 0.05) is 38.8 Å². The van der Waals surface area contributed by atoms with Gasteiger partial charge in [0.05, 0.1) is 22.9 Å². The Hall–Kier alpha value is -3.28. The molecule has 1 fully saturated rings. The number of nitrogens with one attached hydrogen (secondary N) is 1. The third-order valence-corrected chi connectivity index (χ3v) is 7.45. The normalized spacial score (nSPS) is 14.4. The minimum atomic E-state index is -0.176. The van der Waals surface area contributed by atoms with E-state index in [1.54, 1.807) is 22.3 Å². The Kier molecular flexibility index (Phi) is 6.57. The molecule has 9 nitrogen and oxygen atoms in total. The van der Waals surface area contributed by atoms with Crippen molar-refractivity contribution in [1.82, 2.24) is 24.4 Å². The monoisotopic (exact) mass is 496 g/mol. The molecule has 0 atom stereocenters. The van der Waals surface area contributed by atoms with E-state index in [2.05, 4.69) is 20.3 Å². The molecule has 0 aliphatic carbocycles. The first kappa shape index (κ1) is 22.5. The number of anilines is 1. The number of aromatic nitrogens is 3. The average Bonchev–Trinajstić information content (AvgIpc) is 3.51. The lowest BCUT2D eigenvalue weighted by atomic mass is 10.2. The minimum absolute atomic E-state index is 0.143. The Morgan fingerprint density at radius 3 is 2.74 bits per heavy atom. The number of piperazine rings is 1. The summed E-state index contributed by atoms with van der Waals surface area (Å²) in [6.45, 7) is 5.58. The predicted octanol–water partition coefficient (Wildman–Crippen LogP) is 3.63. The Morgan fingerprint density at radius 2 is 1.97 bits per heavy atom. The summed E-state index contributed by atoms with van der Waals surface area (Å²) in [7, 11) is 0. The quantitative estimate of drug-likeness (QED) is 0.438. The van der Waals surface area contributed by atoms with Gasteiger partial charge in [0.15, 0.2) is 5.01 Å². The molecule has 1 aliphatic heterocycles. The van der Waals surface area contributed by atoms with Gasteiger partial charge in [-0.3, -0.25) is 9.69 Å². The fourth-order valence-corrected chi connectivity index (χ4v) is 5.54. The van der Waals surface area contributed by atoms with E-state index >= 15 is 0 Å². The van der Waals surface area contributed by atoms with E-state index in [4.69, 9.17) is 4.74 Å². The predicted molar refractivity (Wildman–Crippen MR) is 134 cm³/mol. The van der Waals surface area contributed by atoms with Crippen LogP contribution in [0.1, 0.15) is 12.6 Å². The lowest BCUT2D eigenvalue weighted by molar-refractivity contribution is 0.142. The van der Waals surface area contributed by atoms with Crippen LogP contribution in [0, 0.1) is 0 Å². The maximum absolute atomic E-state index is 12.8. The van der Waals surface area contributed by atoms with Crippen molar-refractivity contribution < 1.29 is 9.53 Å². The van der Waals surface area contributed by atoms with E-state index in [1.807, 2.05) is 48.7 Å². The van der Waals surface area contributed by atoms with E-state index in [9.17, 15) is 9.59 Å². The highest BCUT2D eigenvalue weighted by Gasteiger charge is 2.23. The summed E-state index contributed by atoms with van der Waals surface area (Å²) in [6, 6.07) is 12.8. The Balaban J connectivity index is 1.21. The number of fused-ring (bicyclic) bond motifs is 1. The highest BCUT2D eigenvalue weighted by molar-refractivity contribution is 7.23. The minimum Gasteiger partial charge on any atom is -0.492 e. The van der Waals surface area contributed by atoms with Gasteiger partial charge in [-0.05, 0) is 30.5 Å². The topological polar surface area (TPSA) is 92.1 Å². The van der Waals surface area contributed by atoms with Gasteiger partial charge in [0.2, 0.25) is 4.96 Å². The maximum atomic E-state index is 12.8. The molecule has 1 saturated heterocycles. The van der Waals surface area contributed by atoms with Crippen LogP contribution in [0.2, 0.25) is 0 Å². The molecule has 34 heavy (non-hydrogen) atoms. The molecule has 3 aromatic heterocycles. The van der Waals surface area contributed by atoms with E-state index in [0.717, 1.165) is 15.6 Å². The summed E-state index contributed by atoms with van der Waals surface area (Å²) < 4.78 is 6.96. The number of hydrogen-bond acceptors (Lipinski definition) is 8. The number of amides is 2. The number of para-hydroxylation sites is 2. The van der Waals surface area contributed by atoms with Gasteiger partial charge < -0.3 is 15.0 Å². The number of carbonyl (C=O) groups is 1. The number of carbonyl (C=O) groups excluding carboxylic acids is 1. The number of benzene rings is 1. The van der Waals surface area contributed by atoms with Crippen molar-refractivity contribution in [2.24, 2.45) is 0 Å². The van der Waals surface area contributed by atoms with Crippen LogP contribution in [-0.4, -0.2) is 63.2 Å². The zero-order chi connectivity index (χ0) is 23.5. The zero-order valence-corrected chi connectivity index (χ0v) is 20.3. The first-order chi connectivity index (χ1) is 16.6. The van der Waals surface area contributed by atoms with Crippen LogP contribution in [0.5, 0.6) is 5.75 Å². The number of thiophene rings is 1. The third-order valence-electron chi connectivity index (χ3n) is 5.50. The fourth-order valence-electron chi connectivity index (χ4n) is 3.82. The number of urea groups is 1. The smallest absolute Gasteiger partial charge is 0.322 e. The third kappa shape index (κ3) is 4.81. The van der Waals surface area contributed by atoms with Gasteiger partial charge in [-0.25, -0.2) is 9.78 Å². The zero-order valence-electron chi connectivity index (χ0n) is 18.6. The Labute approximate surface area is 204 Å². The molecule has 0 unspecified atom stereocenters. The first-order valence-corrected chi connectivity index (χ1v) is 12.7. The average molecular weight is 497 g/mol. The van der Waals surface area contributed by atoms with E-state index in [0.29, 0.717) is 55.7 Å². The van der Waals surface area contributed by atoms with Crippen LogP contribution in [-0.2, 0) is 6.54 Å². The van der Waals surface area contributed by atoms with E-state index in [-0.39, 0.29) is 11.6 Å². The van der Waals surface area contributed by atoms with Gasteiger partial charge in [-0.1, -0.05) is 29.5 Å². The summed E-state index contributed by atoms with van der Waals surface area (Å²) in [5.74, 6) is 0.662. The van der Waals surface area contributed by atoms with Crippen molar-refractivity contribution in [2.45, 2.75) is 13.5 Å². The second-order valence-corrected chi connectivity index (χ2v) is 9.69. The molecule has 1 aliphatic rings. The van der Waals surface area contributed by atoms with Crippen LogP contribution < -0.4 is 15.6 Å². The molecular formula is C23H24N6O3S2. The Morgan fingerprint density at radius 1 is 1.15 bits per heavy atom. The van der Waals surface area contributed by atoms with Crippen LogP contribution in [0.3, 0.4) is 0 Å². The van der Waals surface area contributed by atoms with Crippen LogP contribution >= 0.6 is 22.7 Å². The summed E-state index contributed by atoms with van der Waals surface area (Å²) in [6.07, 6.45) is 0. The second-order valence-electron chi connectivity index (χ2n) is 7.79. The SMILES string of the molecule is CCOc1ccccc1NC(=O)N1CCN(Cc2cc(=O)n3nc(-c4cccs4)sc3n2)CC1. The lowest BCUT2D eigenvalue weighted by Crippen LogP contribution is -2.49. The number of nitrogens with zero attached hydrogens (tertiary/aromatic N) is 5. The molecule has 2 amide bonds. The largest absolute Gasteiger partial charge is 0.492 e. The number of rotatable bonds is 6. The Bertz CT molecular complexity index is 1340. The summed E-state index contributed by atoms with van der Waals surface area (Å²) >= 11 is 3.00. The van der Waals surface area contributed by atoms with Gasteiger partial charge in [0.1, 0.15) is 5.75 Å². The summed E-state index contributed by atoms with van der Waals surface area (Å²) in [5.41, 5.74) is 1.21. The summed E-state index contributed by atoms with van der Waals surface area (Å²) in [4.78, 5) is 35.6. The molecular weight excluding hydrogens is 472 g/mol. The molecule has 4 heterocycles. The van der Waals surface area contributed by atoms with Crippen molar-refractivity contribution in [3.05, 3.63) is 63.9 Å². The first-order valence-electron chi connectivity index (χ1n) is 11.0. The van der Waals surface area contributed by atoms with Gasteiger partial charge in [-0.2, -0.15) is 9.61 Å². The fraction of sp³-hybridized carbons (Fsp3) is 0.304. The molecule has 0 spiro atoms. The van der Waals surface area contributed by atoms with Crippen molar-refractivity contribution in [3.8, 4) is 15.6 Å². The molecule has 0 saturated carbocycles. The van der Waals surface area contributed by atoms with Crippen molar-refractivity contribution in [2.75, 3.05) is 38.1 Å². The molecule has 4 aromatic rings. The van der Waals surface area contributed by atoms with Gasteiger partial charge in [0.25, 0.3) is 5.56 Å². The highest BCUT2D eigenvalue weighted by Crippen LogP contribution is 2.28. The van der Waals surface area contributed by atoms with Crippen LogP contribution in [0.25, 0.3) is 14.8 Å².